The minimum absolute atomic E-state index is 0.0344. The van der Waals surface area contributed by atoms with Gasteiger partial charge in [0, 0.05) is 25.2 Å². The van der Waals surface area contributed by atoms with E-state index in [1.807, 2.05) is 4.90 Å². The van der Waals surface area contributed by atoms with Gasteiger partial charge in [0.2, 0.25) is 5.91 Å². The van der Waals surface area contributed by atoms with Gasteiger partial charge in [-0.25, -0.2) is 4.39 Å². The quantitative estimate of drug-likeness (QED) is 0.839. The maximum atomic E-state index is 13.1. The number of carbonyl (C=O) groups is 2. The molecule has 2 aromatic rings. The summed E-state index contributed by atoms with van der Waals surface area (Å²) in [6.07, 6.45) is 5.21. The number of aromatic nitrogens is 1. The smallest absolute Gasteiger partial charge is 0.253 e. The molecule has 0 bridgehead atoms. The largest absolute Gasteiger partial charge is 0.362 e. The van der Waals surface area contributed by atoms with Gasteiger partial charge in [0.25, 0.3) is 5.91 Å². The summed E-state index contributed by atoms with van der Waals surface area (Å²) < 4.78 is 19.4. The van der Waals surface area contributed by atoms with E-state index < -0.39 is 6.10 Å². The maximum absolute atomic E-state index is 13.1. The molecule has 30 heavy (non-hydrogen) atoms. The van der Waals surface area contributed by atoms with E-state index in [2.05, 4.69) is 17.2 Å². The zero-order valence-corrected chi connectivity index (χ0v) is 17.0. The van der Waals surface area contributed by atoms with Gasteiger partial charge in [-0.2, -0.15) is 0 Å². The van der Waals surface area contributed by atoms with Crippen molar-refractivity contribution in [2.75, 3.05) is 18.4 Å². The third-order valence-corrected chi connectivity index (χ3v) is 6.25. The minimum Gasteiger partial charge on any atom is -0.362 e. The van der Waals surface area contributed by atoms with E-state index in [0.717, 1.165) is 12.0 Å². The molecule has 3 atom stereocenters. The molecule has 4 rings (SSSR count). The van der Waals surface area contributed by atoms with Crippen molar-refractivity contribution in [1.29, 1.82) is 0 Å². The van der Waals surface area contributed by atoms with Crippen LogP contribution >= 0.6 is 0 Å². The Morgan fingerprint density at radius 1 is 1.27 bits per heavy atom. The number of nitrogens with zero attached hydrogens (tertiary/aromatic N) is 2. The van der Waals surface area contributed by atoms with Crippen LogP contribution in [0.4, 0.5) is 10.1 Å². The fourth-order valence-corrected chi connectivity index (χ4v) is 4.44. The van der Waals surface area contributed by atoms with Crippen molar-refractivity contribution in [2.45, 2.75) is 44.3 Å². The Hall–Kier alpha value is -2.80. The molecule has 2 aliphatic rings. The lowest BCUT2D eigenvalue weighted by molar-refractivity contribution is -0.151. The van der Waals surface area contributed by atoms with E-state index in [4.69, 9.17) is 4.74 Å². The zero-order valence-electron chi connectivity index (χ0n) is 17.0. The number of nitrogens with one attached hydrogen (secondary N) is 1. The second-order valence-electron chi connectivity index (χ2n) is 8.23. The number of likely N-dealkylation sites (tertiary alicyclic amines) is 1. The minimum atomic E-state index is -0.492. The van der Waals surface area contributed by atoms with Gasteiger partial charge >= 0.3 is 0 Å². The molecule has 0 saturated carbocycles. The predicted octanol–water partition coefficient (Wildman–Crippen LogP) is 3.19. The molecule has 6 nitrogen and oxygen atoms in total. The first kappa shape index (κ1) is 20.5. The van der Waals surface area contributed by atoms with Crippen LogP contribution < -0.4 is 5.32 Å². The lowest BCUT2D eigenvalue weighted by Crippen LogP contribution is -2.53. The van der Waals surface area contributed by atoms with Gasteiger partial charge in [-0.15, -0.1) is 0 Å². The van der Waals surface area contributed by atoms with Gasteiger partial charge in [-0.1, -0.05) is 19.1 Å². The molecular weight excluding hydrogens is 385 g/mol. The highest BCUT2D eigenvalue weighted by Gasteiger charge is 2.49. The first-order valence-corrected chi connectivity index (χ1v) is 10.4. The monoisotopic (exact) mass is 411 g/mol. The van der Waals surface area contributed by atoms with E-state index in [1.165, 1.54) is 12.1 Å². The number of piperidine rings is 1. The number of hydrogen-bond donors (Lipinski definition) is 1. The van der Waals surface area contributed by atoms with Crippen LogP contribution in [0.5, 0.6) is 0 Å². The SMILES string of the molecule is CC1CN(C(=O)Cc2ccc(F)cc2)CCC12CCC(C(=O)Nc1cccnc1)O2. The zero-order chi connectivity index (χ0) is 21.1. The number of amides is 2. The molecule has 2 aliphatic heterocycles. The summed E-state index contributed by atoms with van der Waals surface area (Å²) in [6, 6.07) is 9.61. The summed E-state index contributed by atoms with van der Waals surface area (Å²) in [4.78, 5) is 31.2. The highest BCUT2D eigenvalue weighted by molar-refractivity contribution is 5.94. The third kappa shape index (κ3) is 4.36. The highest BCUT2D eigenvalue weighted by atomic mass is 19.1. The Morgan fingerprint density at radius 3 is 2.77 bits per heavy atom. The normalized spacial score (nSPS) is 26.0. The van der Waals surface area contributed by atoms with Crippen molar-refractivity contribution >= 4 is 17.5 Å². The van der Waals surface area contributed by atoms with Crippen molar-refractivity contribution < 1.29 is 18.7 Å². The second-order valence-corrected chi connectivity index (χ2v) is 8.23. The van der Waals surface area contributed by atoms with Gasteiger partial charge in [0.1, 0.15) is 11.9 Å². The molecule has 158 valence electrons. The fourth-order valence-electron chi connectivity index (χ4n) is 4.44. The molecule has 0 aliphatic carbocycles. The molecule has 3 unspecified atom stereocenters. The van der Waals surface area contributed by atoms with Crippen LogP contribution in [0.15, 0.2) is 48.8 Å². The Balaban J connectivity index is 1.33. The molecule has 2 amide bonds. The number of hydrogen-bond acceptors (Lipinski definition) is 4. The predicted molar refractivity (Wildman–Crippen MR) is 110 cm³/mol. The number of anilines is 1. The molecule has 2 saturated heterocycles. The lowest BCUT2D eigenvalue weighted by Gasteiger charge is -2.44. The number of rotatable bonds is 4. The van der Waals surface area contributed by atoms with Gasteiger partial charge in [0.05, 0.1) is 23.9 Å². The highest BCUT2D eigenvalue weighted by Crippen LogP contribution is 2.42. The summed E-state index contributed by atoms with van der Waals surface area (Å²) in [5.74, 6) is -0.297. The molecule has 1 N–H and O–H groups in total. The van der Waals surface area contributed by atoms with Crippen LogP contribution in [-0.2, 0) is 20.7 Å². The number of halogens is 1. The van der Waals surface area contributed by atoms with Gasteiger partial charge in [-0.3, -0.25) is 14.6 Å². The second kappa shape index (κ2) is 8.52. The maximum Gasteiger partial charge on any atom is 0.253 e. The molecular formula is C23H26FN3O3. The number of pyridine rings is 1. The van der Waals surface area contributed by atoms with E-state index >= 15 is 0 Å². The van der Waals surface area contributed by atoms with Crippen LogP contribution in [0, 0.1) is 11.7 Å². The van der Waals surface area contributed by atoms with Gasteiger partial charge in [-0.05, 0) is 49.1 Å². The fraction of sp³-hybridized carbons (Fsp3) is 0.435. The lowest BCUT2D eigenvalue weighted by atomic mass is 9.80. The number of benzene rings is 1. The summed E-state index contributed by atoms with van der Waals surface area (Å²) in [7, 11) is 0. The van der Waals surface area contributed by atoms with E-state index in [1.54, 1.807) is 36.7 Å². The summed E-state index contributed by atoms with van der Waals surface area (Å²) in [5.41, 5.74) is 1.09. The van der Waals surface area contributed by atoms with Crippen LogP contribution in [0.2, 0.25) is 0 Å². The molecule has 1 spiro atoms. The van der Waals surface area contributed by atoms with Crippen molar-refractivity contribution in [3.63, 3.8) is 0 Å². The molecule has 7 heteroatoms. The third-order valence-electron chi connectivity index (χ3n) is 6.25. The van der Waals surface area contributed by atoms with E-state index in [0.29, 0.717) is 31.6 Å². The molecule has 1 aromatic heterocycles. The average molecular weight is 411 g/mol. The summed E-state index contributed by atoms with van der Waals surface area (Å²) in [5, 5.41) is 2.86. The molecule has 1 aromatic carbocycles. The Labute approximate surface area is 175 Å². The van der Waals surface area contributed by atoms with Crippen LogP contribution in [0.1, 0.15) is 31.7 Å². The van der Waals surface area contributed by atoms with Crippen molar-refractivity contribution in [1.82, 2.24) is 9.88 Å². The summed E-state index contributed by atoms with van der Waals surface area (Å²) >= 11 is 0. The standard InChI is InChI=1S/C23H26FN3O3/c1-16-15-27(21(28)13-17-4-6-18(24)7-5-17)12-10-23(16)9-8-20(30-23)22(29)26-19-3-2-11-25-14-19/h2-7,11,14,16,20H,8-10,12-13,15H2,1H3,(H,26,29). The number of ether oxygens (including phenoxy) is 1. The first-order chi connectivity index (χ1) is 14.4. The van der Waals surface area contributed by atoms with Gasteiger partial charge in [0.15, 0.2) is 0 Å². The summed E-state index contributed by atoms with van der Waals surface area (Å²) in [6.45, 7) is 3.27. The first-order valence-electron chi connectivity index (χ1n) is 10.4. The Kier molecular flexibility index (Phi) is 5.81. The van der Waals surface area contributed by atoms with Crippen LogP contribution in [0.3, 0.4) is 0 Å². The van der Waals surface area contributed by atoms with Crippen molar-refractivity contribution in [3.8, 4) is 0 Å². The van der Waals surface area contributed by atoms with Crippen molar-refractivity contribution in [2.24, 2.45) is 5.92 Å². The van der Waals surface area contributed by atoms with Gasteiger partial charge < -0.3 is 15.0 Å². The Morgan fingerprint density at radius 2 is 2.07 bits per heavy atom. The van der Waals surface area contributed by atoms with Crippen LogP contribution in [-0.4, -0.2) is 46.5 Å². The Bertz CT molecular complexity index is 906. The number of carbonyl (C=O) groups excluding carboxylic acids is 2. The molecule has 0 radical (unpaired) electrons. The molecule has 3 heterocycles. The van der Waals surface area contributed by atoms with E-state index in [9.17, 15) is 14.0 Å². The topological polar surface area (TPSA) is 71.5 Å². The molecule has 2 fully saturated rings. The van der Waals surface area contributed by atoms with E-state index in [-0.39, 0.29) is 35.6 Å². The average Bonchev–Trinajstić information content (AvgIpc) is 3.18. The van der Waals surface area contributed by atoms with Crippen molar-refractivity contribution in [3.05, 3.63) is 60.2 Å². The van der Waals surface area contributed by atoms with Crippen LogP contribution in [0.25, 0.3) is 0 Å².